The van der Waals surface area contributed by atoms with Crippen LogP contribution in [0, 0.1) is 40.2 Å². The van der Waals surface area contributed by atoms with Gasteiger partial charge in [0.15, 0.2) is 11.6 Å². The Kier molecular flexibility index (Phi) is 6.70. The first-order valence-electron chi connectivity index (χ1n) is 9.62. The standard InChI is InChI=1S/C23H17ClF5NO3/c1-22(2)15(10-19(24)23(27,28)29)20(22)21(31)33-18(11-30)12-3-8-16(26)17(9-12)32-14-6-4-13(25)5-7-14/h3-10,15,18,20H,1-2H3. The maximum absolute atomic E-state index is 14.2. The number of benzene rings is 2. The number of carbonyl (C=O) groups is 1. The highest BCUT2D eigenvalue weighted by atomic mass is 35.5. The van der Waals surface area contributed by atoms with E-state index in [9.17, 15) is 32.0 Å². The molecule has 174 valence electrons. The summed E-state index contributed by atoms with van der Waals surface area (Å²) in [7, 11) is 0. The van der Waals surface area contributed by atoms with Gasteiger partial charge in [-0.3, -0.25) is 4.79 Å². The molecule has 10 heteroatoms. The topological polar surface area (TPSA) is 59.3 Å². The molecule has 0 radical (unpaired) electrons. The van der Waals surface area contributed by atoms with E-state index in [4.69, 9.17) is 21.1 Å². The van der Waals surface area contributed by atoms with Crippen LogP contribution in [0.3, 0.4) is 0 Å². The van der Waals surface area contributed by atoms with Crippen LogP contribution in [0.25, 0.3) is 0 Å². The number of nitrogens with zero attached hydrogens (tertiary/aromatic N) is 1. The molecule has 0 aliphatic heterocycles. The van der Waals surface area contributed by atoms with Crippen LogP contribution in [0.4, 0.5) is 22.0 Å². The van der Waals surface area contributed by atoms with Crippen LogP contribution < -0.4 is 4.74 Å². The average Bonchev–Trinajstić information content (AvgIpc) is 3.28. The van der Waals surface area contributed by atoms with E-state index in [1.807, 2.05) is 0 Å². The molecule has 3 rings (SSSR count). The van der Waals surface area contributed by atoms with Crippen molar-refractivity contribution in [2.45, 2.75) is 26.1 Å². The normalized spacial score (nSPS) is 20.5. The summed E-state index contributed by atoms with van der Waals surface area (Å²) in [6.07, 6.45) is -5.44. The Balaban J connectivity index is 1.76. The first-order valence-corrected chi connectivity index (χ1v) is 10.00. The van der Waals surface area contributed by atoms with Crippen LogP contribution in [0.5, 0.6) is 11.5 Å². The zero-order chi connectivity index (χ0) is 24.6. The van der Waals surface area contributed by atoms with E-state index in [1.54, 1.807) is 19.9 Å². The van der Waals surface area contributed by atoms with Gasteiger partial charge in [0.05, 0.1) is 5.92 Å². The molecular weight excluding hydrogens is 469 g/mol. The van der Waals surface area contributed by atoms with Gasteiger partial charge in [0.2, 0.25) is 6.10 Å². The number of alkyl halides is 3. The Morgan fingerprint density at radius 3 is 2.39 bits per heavy atom. The van der Waals surface area contributed by atoms with Crippen molar-refractivity contribution in [3.63, 3.8) is 0 Å². The SMILES string of the molecule is CC1(C)C(C=C(Cl)C(F)(F)F)C1C(=O)OC(C#N)c1ccc(F)c(Oc2ccc(F)cc2)c1. The van der Waals surface area contributed by atoms with E-state index in [0.717, 1.165) is 30.3 Å². The number of allylic oxidation sites excluding steroid dienone is 2. The van der Waals surface area contributed by atoms with Crippen molar-refractivity contribution in [2.24, 2.45) is 17.3 Å². The van der Waals surface area contributed by atoms with E-state index < -0.39 is 52.2 Å². The predicted molar refractivity (Wildman–Crippen MR) is 108 cm³/mol. The van der Waals surface area contributed by atoms with Crippen LogP contribution in [-0.2, 0) is 9.53 Å². The molecule has 1 aliphatic carbocycles. The molecule has 0 spiro atoms. The summed E-state index contributed by atoms with van der Waals surface area (Å²) in [5.74, 6) is -4.11. The summed E-state index contributed by atoms with van der Waals surface area (Å²) in [6, 6.07) is 9.91. The molecule has 1 aliphatic rings. The average molecular weight is 486 g/mol. The minimum atomic E-state index is -4.74. The Morgan fingerprint density at radius 2 is 1.82 bits per heavy atom. The minimum absolute atomic E-state index is 0.0863. The first kappa shape index (κ1) is 24.5. The Hall–Kier alpha value is -3.12. The summed E-state index contributed by atoms with van der Waals surface area (Å²) in [4.78, 5) is 12.6. The number of halogens is 6. The zero-order valence-electron chi connectivity index (χ0n) is 17.3. The lowest BCUT2D eigenvalue weighted by Crippen LogP contribution is -2.15. The summed E-state index contributed by atoms with van der Waals surface area (Å²) in [6.45, 7) is 3.16. The third kappa shape index (κ3) is 5.45. The van der Waals surface area contributed by atoms with Gasteiger partial charge in [-0.15, -0.1) is 0 Å². The van der Waals surface area contributed by atoms with Crippen molar-refractivity contribution in [3.05, 3.63) is 70.8 Å². The second-order valence-corrected chi connectivity index (χ2v) is 8.44. The molecule has 1 saturated carbocycles. The molecule has 3 unspecified atom stereocenters. The first-order chi connectivity index (χ1) is 15.3. The number of rotatable bonds is 6. The number of hydrogen-bond acceptors (Lipinski definition) is 4. The fourth-order valence-corrected chi connectivity index (χ4v) is 3.58. The van der Waals surface area contributed by atoms with Gasteiger partial charge in [0, 0.05) is 5.56 Å². The van der Waals surface area contributed by atoms with Gasteiger partial charge in [-0.25, -0.2) is 8.78 Å². The van der Waals surface area contributed by atoms with E-state index in [-0.39, 0.29) is 17.1 Å². The number of nitriles is 1. The van der Waals surface area contributed by atoms with E-state index in [1.165, 1.54) is 18.2 Å². The highest BCUT2D eigenvalue weighted by Gasteiger charge is 2.62. The van der Waals surface area contributed by atoms with E-state index in [0.29, 0.717) is 0 Å². The highest BCUT2D eigenvalue weighted by molar-refractivity contribution is 6.30. The third-order valence-corrected chi connectivity index (χ3v) is 5.75. The molecule has 0 aromatic heterocycles. The van der Waals surface area contributed by atoms with Crippen LogP contribution in [0.2, 0.25) is 0 Å². The maximum atomic E-state index is 14.2. The van der Waals surface area contributed by atoms with Gasteiger partial charge in [-0.1, -0.05) is 37.6 Å². The molecule has 0 N–H and O–H groups in total. The minimum Gasteiger partial charge on any atom is -0.454 e. The number of ether oxygens (including phenoxy) is 2. The molecular formula is C23H17ClF5NO3. The summed E-state index contributed by atoms with van der Waals surface area (Å²) in [5, 5.41) is 8.13. The number of esters is 1. The summed E-state index contributed by atoms with van der Waals surface area (Å²) < 4.78 is 76.0. The van der Waals surface area contributed by atoms with Crippen molar-refractivity contribution in [1.29, 1.82) is 5.26 Å². The van der Waals surface area contributed by atoms with Crippen molar-refractivity contribution in [2.75, 3.05) is 0 Å². The fraction of sp³-hybridized carbons (Fsp3) is 0.304. The molecule has 3 atom stereocenters. The van der Waals surface area contributed by atoms with Gasteiger partial charge in [-0.05, 0) is 47.7 Å². The Labute approximate surface area is 191 Å². The molecule has 0 amide bonds. The third-order valence-electron chi connectivity index (χ3n) is 5.41. The maximum Gasteiger partial charge on any atom is 0.426 e. The number of hydrogen-bond donors (Lipinski definition) is 0. The van der Waals surface area contributed by atoms with Gasteiger partial charge < -0.3 is 9.47 Å². The predicted octanol–water partition coefficient (Wildman–Crippen LogP) is 6.82. The fourth-order valence-electron chi connectivity index (χ4n) is 3.44. The Bertz CT molecular complexity index is 1120. The van der Waals surface area contributed by atoms with Gasteiger partial charge >= 0.3 is 12.1 Å². The van der Waals surface area contributed by atoms with Gasteiger partial charge in [-0.2, -0.15) is 18.4 Å². The van der Waals surface area contributed by atoms with Crippen LogP contribution in [0.1, 0.15) is 25.5 Å². The smallest absolute Gasteiger partial charge is 0.426 e. The van der Waals surface area contributed by atoms with Crippen LogP contribution in [-0.4, -0.2) is 12.1 Å². The molecule has 2 aromatic rings. The summed E-state index contributed by atoms with van der Waals surface area (Å²) >= 11 is 5.29. The zero-order valence-corrected chi connectivity index (χ0v) is 18.0. The summed E-state index contributed by atoms with van der Waals surface area (Å²) in [5.41, 5.74) is -0.773. The monoisotopic (exact) mass is 485 g/mol. The highest BCUT2D eigenvalue weighted by Crippen LogP contribution is 2.60. The van der Waals surface area contributed by atoms with Crippen molar-refractivity contribution in [1.82, 2.24) is 0 Å². The van der Waals surface area contributed by atoms with E-state index in [2.05, 4.69) is 0 Å². The van der Waals surface area contributed by atoms with Crippen LogP contribution in [0.15, 0.2) is 53.6 Å². The molecule has 1 fully saturated rings. The van der Waals surface area contributed by atoms with Crippen molar-refractivity contribution < 1.29 is 36.2 Å². The van der Waals surface area contributed by atoms with E-state index >= 15 is 0 Å². The number of carbonyl (C=O) groups excluding carboxylic acids is 1. The van der Waals surface area contributed by atoms with Crippen molar-refractivity contribution in [3.8, 4) is 17.6 Å². The second kappa shape index (κ2) is 9.02. The molecule has 0 saturated heterocycles. The van der Waals surface area contributed by atoms with Crippen LogP contribution >= 0.6 is 11.6 Å². The van der Waals surface area contributed by atoms with Crippen molar-refractivity contribution >= 4 is 17.6 Å². The lowest BCUT2D eigenvalue weighted by molar-refractivity contribution is -0.149. The molecule has 0 bridgehead atoms. The van der Waals surface area contributed by atoms with Gasteiger partial charge in [0.25, 0.3) is 0 Å². The quantitative estimate of drug-likeness (QED) is 0.332. The second-order valence-electron chi connectivity index (χ2n) is 8.03. The molecule has 4 nitrogen and oxygen atoms in total. The largest absolute Gasteiger partial charge is 0.454 e. The molecule has 2 aromatic carbocycles. The lowest BCUT2D eigenvalue weighted by Gasteiger charge is -2.14. The lowest BCUT2D eigenvalue weighted by atomic mass is 10.1. The molecule has 0 heterocycles. The Morgan fingerprint density at radius 1 is 1.18 bits per heavy atom. The van der Waals surface area contributed by atoms with Gasteiger partial charge in [0.1, 0.15) is 22.7 Å². The molecule has 33 heavy (non-hydrogen) atoms.